The first-order chi connectivity index (χ1) is 8.40. The molecule has 0 aliphatic heterocycles. The van der Waals surface area contributed by atoms with Crippen molar-refractivity contribution in [1.29, 1.82) is 0 Å². The molecule has 17 heavy (non-hydrogen) atoms. The summed E-state index contributed by atoms with van der Waals surface area (Å²) in [5.41, 5.74) is 0.969. The van der Waals surface area contributed by atoms with Crippen molar-refractivity contribution in [3.8, 4) is 0 Å². The topological polar surface area (TPSA) is 37.2 Å². The molecular formula is C14H20N2O. The van der Waals surface area contributed by atoms with E-state index in [1.807, 2.05) is 18.2 Å². The summed E-state index contributed by atoms with van der Waals surface area (Å²) >= 11 is 0. The Morgan fingerprint density at radius 2 is 1.94 bits per heavy atom. The maximum Gasteiger partial charge on any atom is 0.134 e. The zero-order valence-corrected chi connectivity index (χ0v) is 10.3. The van der Waals surface area contributed by atoms with Gasteiger partial charge in [-0.2, -0.15) is 0 Å². The van der Waals surface area contributed by atoms with Gasteiger partial charge in [-0.05, 0) is 38.2 Å². The Hall–Kier alpha value is -1.32. The van der Waals surface area contributed by atoms with Gasteiger partial charge in [0.2, 0.25) is 0 Å². The lowest BCUT2D eigenvalue weighted by atomic mass is 10.2. The van der Waals surface area contributed by atoms with E-state index in [-0.39, 0.29) is 0 Å². The van der Waals surface area contributed by atoms with Crippen molar-refractivity contribution >= 4 is 11.0 Å². The summed E-state index contributed by atoms with van der Waals surface area (Å²) < 4.78 is 5.72. The van der Waals surface area contributed by atoms with Gasteiger partial charge in [0.05, 0.1) is 6.54 Å². The lowest BCUT2D eigenvalue weighted by Gasteiger charge is -2.02. The van der Waals surface area contributed by atoms with Crippen molar-refractivity contribution < 1.29 is 4.42 Å². The minimum absolute atomic E-state index is 0.806. The second-order valence-electron chi connectivity index (χ2n) is 4.13. The average Bonchev–Trinajstić information content (AvgIpc) is 2.76. The first-order valence-electron chi connectivity index (χ1n) is 6.29. The van der Waals surface area contributed by atoms with Crippen molar-refractivity contribution in [3.63, 3.8) is 0 Å². The van der Waals surface area contributed by atoms with Gasteiger partial charge in [0.15, 0.2) is 0 Å². The van der Waals surface area contributed by atoms with Crippen LogP contribution in [0, 0.1) is 0 Å². The molecule has 0 saturated heterocycles. The maximum absolute atomic E-state index is 5.72. The molecule has 2 N–H and O–H groups in total. The van der Waals surface area contributed by atoms with E-state index in [0.29, 0.717) is 0 Å². The molecule has 92 valence electrons. The van der Waals surface area contributed by atoms with E-state index in [9.17, 15) is 0 Å². The molecule has 0 saturated carbocycles. The van der Waals surface area contributed by atoms with Crippen LogP contribution in [0.1, 0.15) is 19.1 Å². The Bertz CT molecular complexity index is 417. The molecule has 0 bridgehead atoms. The predicted molar refractivity (Wildman–Crippen MR) is 71.1 cm³/mol. The zero-order valence-electron chi connectivity index (χ0n) is 10.3. The summed E-state index contributed by atoms with van der Waals surface area (Å²) in [5, 5.41) is 7.87. The van der Waals surface area contributed by atoms with Gasteiger partial charge in [-0.3, -0.25) is 0 Å². The molecule has 0 amide bonds. The average molecular weight is 232 g/mol. The van der Waals surface area contributed by atoms with E-state index >= 15 is 0 Å². The predicted octanol–water partition coefficient (Wildman–Crippen LogP) is 2.52. The molecule has 0 unspecified atom stereocenters. The molecule has 3 nitrogen and oxygen atoms in total. The van der Waals surface area contributed by atoms with Gasteiger partial charge in [0, 0.05) is 5.39 Å². The van der Waals surface area contributed by atoms with E-state index in [4.69, 9.17) is 4.42 Å². The summed E-state index contributed by atoms with van der Waals surface area (Å²) in [6, 6.07) is 10.2. The highest BCUT2D eigenvalue weighted by atomic mass is 16.3. The van der Waals surface area contributed by atoms with E-state index in [1.165, 1.54) is 5.39 Å². The largest absolute Gasteiger partial charge is 0.460 e. The molecule has 0 atom stereocenters. The SMILES string of the molecule is CCNCCCNCc1cc2ccccc2o1. The Morgan fingerprint density at radius 3 is 2.76 bits per heavy atom. The fraction of sp³-hybridized carbons (Fsp3) is 0.429. The number of benzene rings is 1. The van der Waals surface area contributed by atoms with Crippen LogP contribution in [0.2, 0.25) is 0 Å². The first-order valence-corrected chi connectivity index (χ1v) is 6.29. The highest BCUT2D eigenvalue weighted by molar-refractivity contribution is 5.77. The third-order valence-electron chi connectivity index (χ3n) is 2.73. The molecule has 0 radical (unpaired) electrons. The second-order valence-corrected chi connectivity index (χ2v) is 4.13. The highest BCUT2D eigenvalue weighted by Gasteiger charge is 2.01. The number of nitrogens with one attached hydrogen (secondary N) is 2. The summed E-state index contributed by atoms with van der Waals surface area (Å²) in [7, 11) is 0. The van der Waals surface area contributed by atoms with Gasteiger partial charge < -0.3 is 15.1 Å². The number of hydrogen-bond acceptors (Lipinski definition) is 3. The lowest BCUT2D eigenvalue weighted by molar-refractivity contribution is 0.506. The minimum atomic E-state index is 0.806. The quantitative estimate of drug-likeness (QED) is 0.720. The second kappa shape index (κ2) is 6.42. The van der Waals surface area contributed by atoms with E-state index < -0.39 is 0 Å². The molecule has 0 fully saturated rings. The van der Waals surface area contributed by atoms with Crippen LogP contribution in [0.25, 0.3) is 11.0 Å². The van der Waals surface area contributed by atoms with Crippen LogP contribution in [-0.2, 0) is 6.54 Å². The number of rotatable bonds is 7. The van der Waals surface area contributed by atoms with Gasteiger partial charge >= 0.3 is 0 Å². The van der Waals surface area contributed by atoms with Crippen LogP contribution in [0.4, 0.5) is 0 Å². The molecule has 2 aromatic rings. The molecule has 0 aliphatic carbocycles. The van der Waals surface area contributed by atoms with Crippen LogP contribution in [0.15, 0.2) is 34.7 Å². The lowest BCUT2D eigenvalue weighted by Crippen LogP contribution is -2.21. The molecule has 2 rings (SSSR count). The van der Waals surface area contributed by atoms with Crippen molar-refractivity contribution in [2.45, 2.75) is 19.9 Å². The zero-order chi connectivity index (χ0) is 11.9. The van der Waals surface area contributed by atoms with Gasteiger partial charge in [-0.15, -0.1) is 0 Å². The molecule has 1 heterocycles. The maximum atomic E-state index is 5.72. The fourth-order valence-electron chi connectivity index (χ4n) is 1.85. The number of furan rings is 1. The highest BCUT2D eigenvalue weighted by Crippen LogP contribution is 2.18. The van der Waals surface area contributed by atoms with Gasteiger partial charge in [-0.1, -0.05) is 25.1 Å². The normalized spacial score (nSPS) is 11.1. The monoisotopic (exact) mass is 232 g/mol. The van der Waals surface area contributed by atoms with Crippen LogP contribution >= 0.6 is 0 Å². The number of fused-ring (bicyclic) bond motifs is 1. The molecule has 0 aliphatic rings. The van der Waals surface area contributed by atoms with Crippen molar-refractivity contribution in [2.75, 3.05) is 19.6 Å². The van der Waals surface area contributed by atoms with Crippen LogP contribution in [0.3, 0.4) is 0 Å². The Morgan fingerprint density at radius 1 is 1.12 bits per heavy atom. The molecule has 1 aromatic carbocycles. The van der Waals surface area contributed by atoms with Crippen molar-refractivity contribution in [3.05, 3.63) is 36.1 Å². The van der Waals surface area contributed by atoms with Gasteiger partial charge in [0.25, 0.3) is 0 Å². The number of para-hydroxylation sites is 1. The summed E-state index contributed by atoms with van der Waals surface area (Å²) in [5.74, 6) is 1.01. The third kappa shape index (κ3) is 3.58. The van der Waals surface area contributed by atoms with E-state index in [0.717, 1.165) is 43.9 Å². The summed E-state index contributed by atoms with van der Waals surface area (Å²) in [4.78, 5) is 0. The number of hydrogen-bond donors (Lipinski definition) is 2. The van der Waals surface area contributed by atoms with Gasteiger partial charge in [-0.25, -0.2) is 0 Å². The fourth-order valence-corrected chi connectivity index (χ4v) is 1.85. The van der Waals surface area contributed by atoms with Crippen LogP contribution in [0.5, 0.6) is 0 Å². The Balaban J connectivity index is 1.75. The standard InChI is InChI=1S/C14H20N2O/c1-2-15-8-5-9-16-11-13-10-12-6-3-4-7-14(12)17-13/h3-4,6-7,10,15-16H,2,5,8-9,11H2,1H3. The molecule has 0 spiro atoms. The molecule has 1 aromatic heterocycles. The first kappa shape index (κ1) is 12.1. The summed E-state index contributed by atoms with van der Waals surface area (Å²) in [6.07, 6.45) is 1.15. The Kier molecular flexibility index (Phi) is 4.59. The Labute approximate surface area is 102 Å². The van der Waals surface area contributed by atoms with Gasteiger partial charge in [0.1, 0.15) is 11.3 Å². The third-order valence-corrected chi connectivity index (χ3v) is 2.73. The summed E-state index contributed by atoms with van der Waals surface area (Å²) in [6.45, 7) is 6.07. The van der Waals surface area contributed by atoms with Crippen molar-refractivity contribution in [1.82, 2.24) is 10.6 Å². The van der Waals surface area contributed by atoms with E-state index in [1.54, 1.807) is 0 Å². The molecule has 3 heteroatoms. The van der Waals surface area contributed by atoms with Crippen LogP contribution in [-0.4, -0.2) is 19.6 Å². The van der Waals surface area contributed by atoms with Crippen LogP contribution < -0.4 is 10.6 Å². The van der Waals surface area contributed by atoms with E-state index in [2.05, 4.69) is 29.7 Å². The van der Waals surface area contributed by atoms with Crippen molar-refractivity contribution in [2.24, 2.45) is 0 Å². The smallest absolute Gasteiger partial charge is 0.134 e. The minimum Gasteiger partial charge on any atom is -0.460 e. The molecular weight excluding hydrogens is 212 g/mol.